The van der Waals surface area contributed by atoms with Gasteiger partial charge in [0.2, 0.25) is 0 Å². The summed E-state index contributed by atoms with van der Waals surface area (Å²) >= 11 is 0. The predicted octanol–water partition coefficient (Wildman–Crippen LogP) is 0.574. The molecule has 94 valence electrons. The highest BCUT2D eigenvalue weighted by Gasteiger charge is 2.09. The Morgan fingerprint density at radius 3 is 2.50 bits per heavy atom. The van der Waals surface area contributed by atoms with Gasteiger partial charge in [0.25, 0.3) is 0 Å². The number of amides is 2. The molecule has 0 bridgehead atoms. The van der Waals surface area contributed by atoms with Gasteiger partial charge in [0.1, 0.15) is 0 Å². The van der Waals surface area contributed by atoms with E-state index in [1.165, 1.54) is 0 Å². The average molecular weight is 232 g/mol. The molecule has 2 amide bonds. The summed E-state index contributed by atoms with van der Waals surface area (Å²) in [4.78, 5) is 21.6. The first-order valence-electron chi connectivity index (χ1n) is 5.24. The molecule has 6 heteroatoms. The van der Waals surface area contributed by atoms with E-state index >= 15 is 0 Å². The summed E-state index contributed by atoms with van der Waals surface area (Å²) in [6.45, 7) is 4.03. The first-order valence-corrected chi connectivity index (χ1v) is 5.24. The van der Waals surface area contributed by atoms with Crippen molar-refractivity contribution in [3.63, 3.8) is 0 Å². The molecule has 0 saturated carbocycles. The van der Waals surface area contributed by atoms with Crippen molar-refractivity contribution in [3.8, 4) is 0 Å². The van der Waals surface area contributed by atoms with Gasteiger partial charge in [-0.3, -0.25) is 4.79 Å². The number of methoxy groups -OCH3 is 1. The van der Waals surface area contributed by atoms with Crippen molar-refractivity contribution < 1.29 is 19.4 Å². The summed E-state index contributed by atoms with van der Waals surface area (Å²) in [6, 6.07) is -0.462. The van der Waals surface area contributed by atoms with Crippen molar-refractivity contribution in [2.24, 2.45) is 0 Å². The number of ether oxygens (including phenoxy) is 1. The Kier molecular flexibility index (Phi) is 7.28. The van der Waals surface area contributed by atoms with Gasteiger partial charge in [-0.25, -0.2) is 4.79 Å². The number of carboxylic acid groups (broad SMARTS) is 1. The lowest BCUT2D eigenvalue weighted by Crippen LogP contribution is -2.43. The number of hydrogen-bond donors (Lipinski definition) is 3. The summed E-state index contributed by atoms with van der Waals surface area (Å²) in [6.07, 6.45) is 0.429. The zero-order chi connectivity index (χ0) is 12.6. The van der Waals surface area contributed by atoms with Crippen LogP contribution in [-0.2, 0) is 9.53 Å². The molecule has 2 atom stereocenters. The summed E-state index contributed by atoms with van der Waals surface area (Å²) in [5, 5.41) is 13.7. The van der Waals surface area contributed by atoms with Crippen LogP contribution in [0.3, 0.4) is 0 Å². The molecule has 0 aliphatic carbocycles. The summed E-state index contributed by atoms with van der Waals surface area (Å²) in [5.41, 5.74) is 0. The van der Waals surface area contributed by atoms with Crippen molar-refractivity contribution >= 4 is 12.0 Å². The molecular formula is C10H20N2O4. The zero-order valence-corrected chi connectivity index (χ0v) is 9.95. The fourth-order valence-corrected chi connectivity index (χ4v) is 1.01. The largest absolute Gasteiger partial charge is 0.481 e. The van der Waals surface area contributed by atoms with Crippen LogP contribution in [0.4, 0.5) is 4.79 Å². The molecule has 16 heavy (non-hydrogen) atoms. The van der Waals surface area contributed by atoms with Crippen molar-refractivity contribution in [2.45, 2.75) is 38.8 Å². The minimum atomic E-state index is -0.859. The highest BCUT2D eigenvalue weighted by Crippen LogP contribution is 1.95. The number of aliphatic carboxylic acids is 1. The van der Waals surface area contributed by atoms with Gasteiger partial charge < -0.3 is 20.5 Å². The van der Waals surface area contributed by atoms with E-state index in [4.69, 9.17) is 9.84 Å². The minimum Gasteiger partial charge on any atom is -0.481 e. The molecule has 0 fully saturated rings. The number of carboxylic acids is 1. The maximum atomic E-state index is 11.3. The highest BCUT2D eigenvalue weighted by molar-refractivity contribution is 5.74. The minimum absolute atomic E-state index is 0.0416. The van der Waals surface area contributed by atoms with Crippen molar-refractivity contribution in [3.05, 3.63) is 0 Å². The van der Waals surface area contributed by atoms with Crippen LogP contribution in [0.5, 0.6) is 0 Å². The maximum absolute atomic E-state index is 11.3. The van der Waals surface area contributed by atoms with E-state index in [0.29, 0.717) is 13.0 Å². The van der Waals surface area contributed by atoms with Gasteiger partial charge in [0, 0.05) is 26.1 Å². The smallest absolute Gasteiger partial charge is 0.315 e. The van der Waals surface area contributed by atoms with Crippen LogP contribution in [0, 0.1) is 0 Å². The Balaban J connectivity index is 3.65. The normalized spacial score (nSPS) is 13.9. The standard InChI is InChI=1S/C10H20N2O4/c1-7(4-5-9(13)14)12-10(15)11-6-8(2)16-3/h7-8H,4-6H2,1-3H3,(H,13,14)(H2,11,12,15). The van der Waals surface area contributed by atoms with E-state index in [-0.39, 0.29) is 24.6 Å². The number of hydrogen-bond acceptors (Lipinski definition) is 3. The van der Waals surface area contributed by atoms with Gasteiger partial charge in [-0.05, 0) is 20.3 Å². The third-order valence-corrected chi connectivity index (χ3v) is 2.12. The molecule has 2 unspecified atom stereocenters. The predicted molar refractivity (Wildman–Crippen MR) is 59.3 cm³/mol. The lowest BCUT2D eigenvalue weighted by Gasteiger charge is -2.15. The third kappa shape index (κ3) is 8.05. The van der Waals surface area contributed by atoms with Crippen LogP contribution < -0.4 is 10.6 Å². The first kappa shape index (κ1) is 14.7. The first-order chi connectivity index (χ1) is 7.45. The monoisotopic (exact) mass is 232 g/mol. The zero-order valence-electron chi connectivity index (χ0n) is 9.95. The van der Waals surface area contributed by atoms with Crippen molar-refractivity contribution in [1.82, 2.24) is 10.6 Å². The van der Waals surface area contributed by atoms with Crippen LogP contribution in [0.25, 0.3) is 0 Å². The van der Waals surface area contributed by atoms with E-state index in [2.05, 4.69) is 10.6 Å². The second-order valence-electron chi connectivity index (χ2n) is 3.73. The SMILES string of the molecule is COC(C)CNC(=O)NC(C)CCC(=O)O. The third-order valence-electron chi connectivity index (χ3n) is 2.12. The average Bonchev–Trinajstić information content (AvgIpc) is 2.23. The van der Waals surface area contributed by atoms with Gasteiger partial charge in [0.15, 0.2) is 0 Å². The number of carbonyl (C=O) groups excluding carboxylic acids is 1. The highest BCUT2D eigenvalue weighted by atomic mass is 16.5. The lowest BCUT2D eigenvalue weighted by atomic mass is 10.2. The molecule has 0 radical (unpaired) electrons. The lowest BCUT2D eigenvalue weighted by molar-refractivity contribution is -0.137. The molecule has 0 saturated heterocycles. The molecule has 6 nitrogen and oxygen atoms in total. The number of nitrogens with one attached hydrogen (secondary N) is 2. The van der Waals surface area contributed by atoms with E-state index in [0.717, 1.165) is 0 Å². The molecular weight excluding hydrogens is 212 g/mol. The molecule has 0 spiro atoms. The molecule has 0 aliphatic rings. The van der Waals surface area contributed by atoms with Gasteiger partial charge in [0.05, 0.1) is 6.10 Å². The van der Waals surface area contributed by atoms with Crippen LogP contribution in [0.2, 0.25) is 0 Å². The Hall–Kier alpha value is -1.30. The Morgan fingerprint density at radius 2 is 2.00 bits per heavy atom. The molecule has 0 heterocycles. The van der Waals surface area contributed by atoms with E-state index in [1.54, 1.807) is 14.0 Å². The Morgan fingerprint density at radius 1 is 1.38 bits per heavy atom. The van der Waals surface area contributed by atoms with E-state index in [1.807, 2.05) is 6.92 Å². The quantitative estimate of drug-likeness (QED) is 0.599. The van der Waals surface area contributed by atoms with Gasteiger partial charge in [-0.2, -0.15) is 0 Å². The molecule has 0 aromatic carbocycles. The molecule has 3 N–H and O–H groups in total. The molecule has 0 rings (SSSR count). The Labute approximate surface area is 95.4 Å². The molecule has 0 aromatic heterocycles. The number of carbonyl (C=O) groups is 2. The van der Waals surface area contributed by atoms with E-state index in [9.17, 15) is 9.59 Å². The van der Waals surface area contributed by atoms with Crippen molar-refractivity contribution in [1.29, 1.82) is 0 Å². The van der Waals surface area contributed by atoms with Gasteiger partial charge in [-0.15, -0.1) is 0 Å². The maximum Gasteiger partial charge on any atom is 0.315 e. The number of urea groups is 1. The second kappa shape index (κ2) is 7.92. The second-order valence-corrected chi connectivity index (χ2v) is 3.73. The fourth-order valence-electron chi connectivity index (χ4n) is 1.01. The van der Waals surface area contributed by atoms with Crippen LogP contribution in [0.15, 0.2) is 0 Å². The van der Waals surface area contributed by atoms with Gasteiger partial charge >= 0.3 is 12.0 Å². The number of rotatable bonds is 7. The molecule has 0 aliphatic heterocycles. The topological polar surface area (TPSA) is 87.7 Å². The Bertz CT molecular complexity index is 233. The van der Waals surface area contributed by atoms with E-state index < -0.39 is 5.97 Å². The van der Waals surface area contributed by atoms with Gasteiger partial charge in [-0.1, -0.05) is 0 Å². The molecule has 0 aromatic rings. The van der Waals surface area contributed by atoms with Crippen molar-refractivity contribution in [2.75, 3.05) is 13.7 Å². The summed E-state index contributed by atoms with van der Waals surface area (Å²) in [7, 11) is 1.57. The van der Waals surface area contributed by atoms with Crippen LogP contribution >= 0.6 is 0 Å². The summed E-state index contributed by atoms with van der Waals surface area (Å²) in [5.74, 6) is -0.859. The van der Waals surface area contributed by atoms with Crippen LogP contribution in [0.1, 0.15) is 26.7 Å². The summed E-state index contributed by atoms with van der Waals surface area (Å²) < 4.78 is 4.96. The fraction of sp³-hybridized carbons (Fsp3) is 0.800. The van der Waals surface area contributed by atoms with Crippen LogP contribution in [-0.4, -0.2) is 42.9 Å².